The Labute approximate surface area is 139 Å². The first-order chi connectivity index (χ1) is 11.5. The van der Waals surface area contributed by atoms with Gasteiger partial charge in [0.15, 0.2) is 0 Å². The Morgan fingerprint density at radius 3 is 3.00 bits per heavy atom. The molecule has 2 aliphatic rings. The van der Waals surface area contributed by atoms with E-state index >= 15 is 0 Å². The van der Waals surface area contributed by atoms with E-state index < -0.39 is 5.92 Å². The van der Waals surface area contributed by atoms with Gasteiger partial charge >= 0.3 is 0 Å². The predicted octanol–water partition coefficient (Wildman–Crippen LogP) is 2.16. The first kappa shape index (κ1) is 15.7. The molecule has 1 fully saturated rings. The van der Waals surface area contributed by atoms with Gasteiger partial charge in [-0.2, -0.15) is 0 Å². The Hall–Kier alpha value is -1.86. The lowest BCUT2D eigenvalue weighted by Crippen LogP contribution is -2.51. The van der Waals surface area contributed by atoms with Crippen LogP contribution in [-0.4, -0.2) is 39.5 Å². The van der Waals surface area contributed by atoms with Gasteiger partial charge in [-0.3, -0.25) is 9.88 Å². The molecule has 0 saturated carbocycles. The van der Waals surface area contributed by atoms with Crippen molar-refractivity contribution in [2.75, 3.05) is 19.6 Å². The summed E-state index contributed by atoms with van der Waals surface area (Å²) in [5.41, 5.74) is 2.93. The van der Waals surface area contributed by atoms with Crippen molar-refractivity contribution in [3.8, 4) is 0 Å². The van der Waals surface area contributed by atoms with Crippen molar-refractivity contribution in [2.24, 2.45) is 0 Å². The highest BCUT2D eigenvalue weighted by atomic mass is 19.3. The van der Waals surface area contributed by atoms with Crippen molar-refractivity contribution in [3.05, 3.63) is 47.3 Å². The summed E-state index contributed by atoms with van der Waals surface area (Å²) >= 11 is 0. The molecular formula is C17H21F2N5. The largest absolute Gasteiger partial charge is 0.348 e. The van der Waals surface area contributed by atoms with Crippen molar-refractivity contribution in [2.45, 2.75) is 37.8 Å². The minimum absolute atomic E-state index is 0.0314. The average molecular weight is 333 g/mol. The van der Waals surface area contributed by atoms with Crippen molar-refractivity contribution in [1.82, 2.24) is 25.2 Å². The van der Waals surface area contributed by atoms with Crippen molar-refractivity contribution in [3.63, 3.8) is 0 Å². The summed E-state index contributed by atoms with van der Waals surface area (Å²) in [5.74, 6) is -2.87. The van der Waals surface area contributed by atoms with Crippen LogP contribution >= 0.6 is 0 Å². The molecule has 0 aliphatic carbocycles. The zero-order valence-electron chi connectivity index (χ0n) is 13.6. The predicted molar refractivity (Wildman–Crippen MR) is 85.7 cm³/mol. The Balaban J connectivity index is 1.65. The Morgan fingerprint density at radius 1 is 1.38 bits per heavy atom. The molecule has 1 atom stereocenters. The van der Waals surface area contributed by atoms with Gasteiger partial charge in [-0.15, -0.1) is 0 Å². The summed E-state index contributed by atoms with van der Waals surface area (Å²) in [6, 6.07) is 1.57. The van der Waals surface area contributed by atoms with Crippen LogP contribution in [0.25, 0.3) is 0 Å². The van der Waals surface area contributed by atoms with Crippen LogP contribution in [0.4, 0.5) is 8.78 Å². The number of fused-ring (bicyclic) bond motifs is 2. The fourth-order valence-corrected chi connectivity index (χ4v) is 3.94. The Kier molecular flexibility index (Phi) is 3.65. The maximum absolute atomic E-state index is 13.6. The lowest BCUT2D eigenvalue weighted by Gasteiger charge is -2.43. The number of hydrogen-bond acceptors (Lipinski definition) is 4. The lowest BCUT2D eigenvalue weighted by molar-refractivity contribution is 0.0168. The number of nitrogens with zero attached hydrogens (tertiary/aromatic N) is 3. The van der Waals surface area contributed by atoms with E-state index in [9.17, 15) is 8.78 Å². The van der Waals surface area contributed by atoms with Crippen molar-refractivity contribution < 1.29 is 8.78 Å². The van der Waals surface area contributed by atoms with E-state index in [4.69, 9.17) is 0 Å². The molecule has 128 valence electrons. The van der Waals surface area contributed by atoms with Crippen LogP contribution in [0.15, 0.2) is 24.8 Å². The zero-order valence-corrected chi connectivity index (χ0v) is 13.6. The summed E-state index contributed by atoms with van der Waals surface area (Å²) < 4.78 is 27.2. The molecule has 0 radical (unpaired) electrons. The second kappa shape index (κ2) is 5.60. The molecule has 2 aliphatic heterocycles. The third kappa shape index (κ3) is 2.52. The highest BCUT2D eigenvalue weighted by Crippen LogP contribution is 2.39. The van der Waals surface area contributed by atoms with Gasteiger partial charge in [0.05, 0.1) is 17.6 Å². The molecule has 0 aromatic carbocycles. The molecule has 0 bridgehead atoms. The number of hydrogen-bond donors (Lipinski definition) is 2. The Morgan fingerprint density at radius 2 is 2.25 bits per heavy atom. The van der Waals surface area contributed by atoms with E-state index in [1.165, 1.54) is 11.9 Å². The summed E-state index contributed by atoms with van der Waals surface area (Å²) in [6.07, 6.45) is 6.56. The monoisotopic (exact) mass is 333 g/mol. The van der Waals surface area contributed by atoms with Gasteiger partial charge in [-0.25, -0.2) is 13.8 Å². The maximum Gasteiger partial charge on any atom is 0.272 e. The van der Waals surface area contributed by atoms with Gasteiger partial charge in [0.25, 0.3) is 5.92 Å². The second-order valence-corrected chi connectivity index (χ2v) is 6.83. The van der Waals surface area contributed by atoms with Crippen LogP contribution in [0.5, 0.6) is 0 Å². The molecule has 2 aromatic heterocycles. The third-order valence-corrected chi connectivity index (χ3v) is 5.20. The SMILES string of the molecule is CC(F)(F)c1cncc(CN2CCc3[nH]cnc3C23CCNC3)c1. The van der Waals surface area contributed by atoms with Crippen LogP contribution < -0.4 is 5.32 Å². The number of aromatic amines is 1. The fraction of sp³-hybridized carbons (Fsp3) is 0.529. The minimum atomic E-state index is -2.87. The first-order valence-electron chi connectivity index (χ1n) is 8.30. The summed E-state index contributed by atoms with van der Waals surface area (Å²) in [6.45, 7) is 4.16. The molecule has 1 unspecified atom stereocenters. The van der Waals surface area contributed by atoms with Gasteiger partial charge in [0.1, 0.15) is 0 Å². The first-order valence-corrected chi connectivity index (χ1v) is 8.30. The van der Waals surface area contributed by atoms with Crippen molar-refractivity contribution in [1.29, 1.82) is 0 Å². The molecule has 7 heteroatoms. The molecule has 1 spiro atoms. The van der Waals surface area contributed by atoms with Crippen molar-refractivity contribution >= 4 is 0 Å². The summed E-state index contributed by atoms with van der Waals surface area (Å²) in [4.78, 5) is 14.2. The normalized spacial score (nSPS) is 24.5. The van der Waals surface area contributed by atoms with Gasteiger partial charge in [0.2, 0.25) is 0 Å². The number of rotatable bonds is 3. The van der Waals surface area contributed by atoms with E-state index in [-0.39, 0.29) is 11.1 Å². The third-order valence-electron chi connectivity index (χ3n) is 5.20. The highest BCUT2D eigenvalue weighted by molar-refractivity contribution is 5.29. The zero-order chi connectivity index (χ0) is 16.8. The number of imidazole rings is 1. The van der Waals surface area contributed by atoms with E-state index in [1.807, 2.05) is 0 Å². The molecule has 4 heterocycles. The smallest absolute Gasteiger partial charge is 0.272 e. The Bertz CT molecular complexity index is 731. The standard InChI is InChI=1S/C17H21F2N5/c1-16(18,19)13-6-12(7-21-8-13)9-24-5-2-14-15(23-11-22-14)17(24)3-4-20-10-17/h6-8,11,20H,2-5,9-10H2,1H3,(H,22,23). The quantitative estimate of drug-likeness (QED) is 0.904. The molecule has 0 amide bonds. The van der Waals surface area contributed by atoms with Gasteiger partial charge in [0, 0.05) is 56.6 Å². The topological polar surface area (TPSA) is 56.8 Å². The molecule has 2 N–H and O–H groups in total. The number of H-pyrrole nitrogens is 1. The van der Waals surface area contributed by atoms with Crippen LogP contribution in [0, 0.1) is 0 Å². The number of halogens is 2. The van der Waals surface area contributed by atoms with Gasteiger partial charge < -0.3 is 10.3 Å². The average Bonchev–Trinajstić information content (AvgIpc) is 3.20. The number of pyridine rings is 1. The van der Waals surface area contributed by atoms with Crippen LogP contribution in [0.2, 0.25) is 0 Å². The maximum atomic E-state index is 13.6. The van der Waals surface area contributed by atoms with Crippen LogP contribution in [-0.2, 0) is 24.4 Å². The van der Waals surface area contributed by atoms with Crippen LogP contribution in [0.1, 0.15) is 35.9 Å². The molecule has 24 heavy (non-hydrogen) atoms. The molecule has 1 saturated heterocycles. The molecule has 2 aromatic rings. The molecular weight excluding hydrogens is 312 g/mol. The summed E-state index contributed by atoms with van der Waals surface area (Å²) in [5, 5.41) is 3.43. The molecule has 5 nitrogen and oxygen atoms in total. The summed E-state index contributed by atoms with van der Waals surface area (Å²) in [7, 11) is 0. The van der Waals surface area contributed by atoms with Gasteiger partial charge in [-0.1, -0.05) is 0 Å². The number of nitrogens with one attached hydrogen (secondary N) is 2. The fourth-order valence-electron chi connectivity index (χ4n) is 3.94. The highest BCUT2D eigenvalue weighted by Gasteiger charge is 2.46. The number of alkyl halides is 2. The lowest BCUT2D eigenvalue weighted by atomic mass is 9.85. The minimum Gasteiger partial charge on any atom is -0.348 e. The van der Waals surface area contributed by atoms with E-state index in [1.54, 1.807) is 18.6 Å². The number of aromatic nitrogens is 3. The van der Waals surface area contributed by atoms with Gasteiger partial charge in [-0.05, 0) is 24.6 Å². The van der Waals surface area contributed by atoms with E-state index in [2.05, 4.69) is 25.2 Å². The van der Waals surface area contributed by atoms with Crippen LogP contribution in [0.3, 0.4) is 0 Å². The second-order valence-electron chi connectivity index (χ2n) is 6.83. The molecule has 4 rings (SSSR count). The van der Waals surface area contributed by atoms with E-state index in [0.717, 1.165) is 50.7 Å². The van der Waals surface area contributed by atoms with E-state index in [0.29, 0.717) is 6.54 Å².